The Morgan fingerprint density at radius 1 is 1.45 bits per heavy atom. The normalized spacial score (nSPS) is 23.1. The molecule has 0 aromatic carbocycles. The van der Waals surface area contributed by atoms with Crippen LogP contribution in [0, 0.1) is 13.8 Å². The Labute approximate surface area is 121 Å². The molecule has 6 heteroatoms. The quantitative estimate of drug-likeness (QED) is 0.902. The highest BCUT2D eigenvalue weighted by Gasteiger charge is 2.31. The molecule has 0 amide bonds. The van der Waals surface area contributed by atoms with Crippen molar-refractivity contribution in [2.45, 2.75) is 52.6 Å². The van der Waals surface area contributed by atoms with E-state index in [2.05, 4.69) is 24.3 Å². The van der Waals surface area contributed by atoms with Gasteiger partial charge in [0.2, 0.25) is 0 Å². The molecule has 2 heterocycles. The van der Waals surface area contributed by atoms with E-state index < -0.39 is 9.84 Å². The monoisotopic (exact) mass is 299 g/mol. The summed E-state index contributed by atoms with van der Waals surface area (Å²) < 4.78 is 25.2. The molecule has 1 aliphatic rings. The molecular formula is C14H25N3O2S. The molecule has 2 rings (SSSR count). The fourth-order valence-electron chi connectivity index (χ4n) is 3.09. The molecule has 0 saturated carbocycles. The second-order valence-corrected chi connectivity index (χ2v) is 7.99. The van der Waals surface area contributed by atoms with Crippen LogP contribution in [0.15, 0.2) is 0 Å². The summed E-state index contributed by atoms with van der Waals surface area (Å²) in [5.74, 6) is 0.514. The fraction of sp³-hybridized carbons (Fsp3) is 0.786. The molecule has 0 aliphatic carbocycles. The van der Waals surface area contributed by atoms with Crippen molar-refractivity contribution in [1.29, 1.82) is 0 Å². The lowest BCUT2D eigenvalue weighted by Crippen LogP contribution is -2.21. The van der Waals surface area contributed by atoms with Crippen LogP contribution >= 0.6 is 0 Å². The van der Waals surface area contributed by atoms with E-state index in [0.29, 0.717) is 6.42 Å². The molecule has 5 nitrogen and oxygen atoms in total. The molecule has 1 aromatic rings. The van der Waals surface area contributed by atoms with E-state index >= 15 is 0 Å². The summed E-state index contributed by atoms with van der Waals surface area (Å²) in [5, 5.41) is 8.08. The summed E-state index contributed by atoms with van der Waals surface area (Å²) in [6.07, 6.45) is 1.78. The number of hydrogen-bond donors (Lipinski definition) is 1. The topological polar surface area (TPSA) is 64.0 Å². The SMILES string of the molecule is CCCNC(C)c1c(C)nn(C2CCS(=O)(=O)C2)c1C. The van der Waals surface area contributed by atoms with Crippen molar-refractivity contribution < 1.29 is 8.42 Å². The molecule has 20 heavy (non-hydrogen) atoms. The lowest BCUT2D eigenvalue weighted by Gasteiger charge is -2.15. The number of hydrogen-bond acceptors (Lipinski definition) is 4. The van der Waals surface area contributed by atoms with E-state index in [9.17, 15) is 8.42 Å². The van der Waals surface area contributed by atoms with Gasteiger partial charge >= 0.3 is 0 Å². The van der Waals surface area contributed by atoms with E-state index in [1.165, 1.54) is 5.56 Å². The number of aryl methyl sites for hydroxylation is 1. The van der Waals surface area contributed by atoms with Crippen molar-refractivity contribution in [2.24, 2.45) is 0 Å². The molecule has 2 unspecified atom stereocenters. The Bertz CT molecular complexity index is 577. The van der Waals surface area contributed by atoms with Crippen molar-refractivity contribution in [3.8, 4) is 0 Å². The van der Waals surface area contributed by atoms with Crippen LogP contribution in [0.1, 0.15) is 55.7 Å². The Morgan fingerprint density at radius 3 is 2.70 bits per heavy atom. The average Bonchev–Trinajstić information content (AvgIpc) is 2.86. The summed E-state index contributed by atoms with van der Waals surface area (Å²) in [4.78, 5) is 0. The highest BCUT2D eigenvalue weighted by molar-refractivity contribution is 7.91. The summed E-state index contributed by atoms with van der Waals surface area (Å²) in [5.41, 5.74) is 3.31. The number of nitrogens with zero attached hydrogens (tertiary/aromatic N) is 2. The maximum Gasteiger partial charge on any atom is 0.152 e. The van der Waals surface area contributed by atoms with Crippen molar-refractivity contribution >= 4 is 9.84 Å². The van der Waals surface area contributed by atoms with Gasteiger partial charge in [0.15, 0.2) is 9.84 Å². The zero-order chi connectivity index (χ0) is 14.9. The molecule has 1 aromatic heterocycles. The number of nitrogens with one attached hydrogen (secondary N) is 1. The van der Waals surface area contributed by atoms with Crippen molar-refractivity contribution in [2.75, 3.05) is 18.1 Å². The Balaban J connectivity index is 2.25. The Kier molecular flexibility index (Phi) is 4.54. The van der Waals surface area contributed by atoms with Crippen LogP contribution < -0.4 is 5.32 Å². The third kappa shape index (κ3) is 3.06. The minimum Gasteiger partial charge on any atom is -0.310 e. The van der Waals surface area contributed by atoms with Gasteiger partial charge in [-0.1, -0.05) is 6.92 Å². The van der Waals surface area contributed by atoms with Gasteiger partial charge in [0.05, 0.1) is 23.2 Å². The molecule has 2 atom stereocenters. The second-order valence-electron chi connectivity index (χ2n) is 5.76. The van der Waals surface area contributed by atoms with Gasteiger partial charge in [0.25, 0.3) is 0 Å². The number of aromatic nitrogens is 2. The van der Waals surface area contributed by atoms with Gasteiger partial charge in [-0.3, -0.25) is 4.68 Å². The van der Waals surface area contributed by atoms with Gasteiger partial charge in [-0.15, -0.1) is 0 Å². The summed E-state index contributed by atoms with van der Waals surface area (Å²) in [7, 11) is -2.87. The van der Waals surface area contributed by atoms with Gasteiger partial charge in [-0.05, 0) is 40.2 Å². The average molecular weight is 299 g/mol. The van der Waals surface area contributed by atoms with E-state index in [-0.39, 0.29) is 23.6 Å². The second kappa shape index (κ2) is 5.85. The third-order valence-electron chi connectivity index (χ3n) is 4.07. The Hall–Kier alpha value is -0.880. The lowest BCUT2D eigenvalue weighted by molar-refractivity contribution is 0.483. The van der Waals surface area contributed by atoms with Crippen LogP contribution in [0.3, 0.4) is 0 Å². The van der Waals surface area contributed by atoms with Crippen LogP contribution in [0.4, 0.5) is 0 Å². The molecule has 0 radical (unpaired) electrons. The Morgan fingerprint density at radius 2 is 2.15 bits per heavy atom. The first-order valence-corrected chi connectivity index (χ1v) is 9.17. The minimum atomic E-state index is -2.87. The molecular weight excluding hydrogens is 274 g/mol. The predicted molar refractivity (Wildman–Crippen MR) is 80.7 cm³/mol. The first-order valence-electron chi connectivity index (χ1n) is 7.35. The van der Waals surface area contributed by atoms with Crippen LogP contribution in [-0.4, -0.2) is 36.2 Å². The van der Waals surface area contributed by atoms with Crippen molar-refractivity contribution in [3.05, 3.63) is 17.0 Å². The zero-order valence-corrected chi connectivity index (χ0v) is 13.6. The molecule has 1 N–H and O–H groups in total. The first kappa shape index (κ1) is 15.5. The van der Waals surface area contributed by atoms with Gasteiger partial charge in [0.1, 0.15) is 0 Å². The molecule has 1 aliphatic heterocycles. The van der Waals surface area contributed by atoms with Gasteiger partial charge in [-0.25, -0.2) is 8.42 Å². The number of sulfone groups is 1. The molecule has 114 valence electrons. The summed E-state index contributed by atoms with van der Waals surface area (Å²) in [6, 6.07) is 0.257. The zero-order valence-electron chi connectivity index (χ0n) is 12.8. The van der Waals surface area contributed by atoms with Crippen LogP contribution in [0.25, 0.3) is 0 Å². The molecule has 0 spiro atoms. The standard InChI is InChI=1S/C14H25N3O2S/c1-5-7-15-10(2)14-11(3)16-17(12(14)4)13-6-8-20(18,19)9-13/h10,13,15H,5-9H2,1-4H3. The third-order valence-corrected chi connectivity index (χ3v) is 5.82. The van der Waals surface area contributed by atoms with E-state index in [1.807, 2.05) is 18.5 Å². The number of rotatable bonds is 5. The van der Waals surface area contributed by atoms with Crippen LogP contribution in [-0.2, 0) is 9.84 Å². The first-order chi connectivity index (χ1) is 9.35. The van der Waals surface area contributed by atoms with Gasteiger partial charge in [-0.2, -0.15) is 5.10 Å². The van der Waals surface area contributed by atoms with Crippen LogP contribution in [0.5, 0.6) is 0 Å². The lowest BCUT2D eigenvalue weighted by atomic mass is 10.1. The van der Waals surface area contributed by atoms with Crippen LogP contribution in [0.2, 0.25) is 0 Å². The largest absolute Gasteiger partial charge is 0.310 e. The highest BCUT2D eigenvalue weighted by atomic mass is 32.2. The highest BCUT2D eigenvalue weighted by Crippen LogP contribution is 2.29. The van der Waals surface area contributed by atoms with E-state index in [1.54, 1.807) is 0 Å². The maximum absolute atomic E-state index is 11.6. The minimum absolute atomic E-state index is 0.00539. The van der Waals surface area contributed by atoms with E-state index in [0.717, 1.165) is 24.4 Å². The summed E-state index contributed by atoms with van der Waals surface area (Å²) in [6.45, 7) is 9.31. The van der Waals surface area contributed by atoms with Crippen molar-refractivity contribution in [3.63, 3.8) is 0 Å². The fourth-order valence-corrected chi connectivity index (χ4v) is 4.78. The van der Waals surface area contributed by atoms with Gasteiger partial charge in [0, 0.05) is 17.3 Å². The molecule has 1 fully saturated rings. The molecule has 1 saturated heterocycles. The van der Waals surface area contributed by atoms with Gasteiger partial charge < -0.3 is 5.32 Å². The smallest absolute Gasteiger partial charge is 0.152 e. The van der Waals surface area contributed by atoms with Crippen molar-refractivity contribution in [1.82, 2.24) is 15.1 Å². The van der Waals surface area contributed by atoms with E-state index in [4.69, 9.17) is 0 Å². The maximum atomic E-state index is 11.6. The molecule has 0 bridgehead atoms. The predicted octanol–water partition coefficient (Wildman–Crippen LogP) is 1.92. The summed E-state index contributed by atoms with van der Waals surface area (Å²) >= 11 is 0.